The largest absolute Gasteiger partial charge is 0.356 e. The van der Waals surface area contributed by atoms with Gasteiger partial charge in [0.25, 0.3) is 11.8 Å². The molecule has 5 heterocycles. The van der Waals surface area contributed by atoms with Crippen LogP contribution < -0.4 is 10.6 Å². The molecule has 0 aliphatic carbocycles. The minimum absolute atomic E-state index is 0.0364. The lowest BCUT2D eigenvalue weighted by molar-refractivity contribution is -0.136. The fourth-order valence-electron chi connectivity index (χ4n) is 7.98. The second-order valence-electron chi connectivity index (χ2n) is 15.2. The van der Waals surface area contributed by atoms with Crippen molar-refractivity contribution in [3.63, 3.8) is 0 Å². The van der Waals surface area contributed by atoms with Gasteiger partial charge in [0.15, 0.2) is 5.82 Å². The van der Waals surface area contributed by atoms with E-state index in [1.807, 2.05) is 31.2 Å². The first-order valence-corrected chi connectivity index (χ1v) is 21.1. The van der Waals surface area contributed by atoms with Gasteiger partial charge < -0.3 is 5.32 Å². The number of rotatable bonds is 16. The molecule has 1 saturated heterocycles. The minimum Gasteiger partial charge on any atom is -0.356 e. The summed E-state index contributed by atoms with van der Waals surface area (Å²) < 4.78 is 2.07. The molecule has 58 heavy (non-hydrogen) atoms. The molecule has 2 aromatic carbocycles. The maximum absolute atomic E-state index is 13.4. The highest BCUT2D eigenvalue weighted by Gasteiger charge is 2.45. The van der Waals surface area contributed by atoms with E-state index in [1.165, 1.54) is 10.9 Å². The SMILES string of the molecule is Cc1sc2c(c1C)C(c1ccc(Cl)cc1)=N[C@@H](CC(=O)CCCCCCCCCNC(=O)Cc1cccc3c1C(=O)N(C1CCC(=O)NC1=O)C3=O)c1nnc(C)n1-2. The molecule has 7 rings (SSSR count). The molecular weight excluding hydrogens is 778 g/mol. The molecule has 1 unspecified atom stereocenters. The van der Waals surface area contributed by atoms with Crippen LogP contribution in [-0.4, -0.2) is 73.3 Å². The molecule has 0 radical (unpaired) electrons. The fourth-order valence-corrected chi connectivity index (χ4v) is 9.32. The third kappa shape index (κ3) is 8.44. The summed E-state index contributed by atoms with van der Waals surface area (Å²) >= 11 is 7.92. The molecule has 13 nitrogen and oxygen atoms in total. The Labute approximate surface area is 345 Å². The van der Waals surface area contributed by atoms with E-state index in [0.717, 1.165) is 83.1 Å². The van der Waals surface area contributed by atoms with Crippen molar-refractivity contribution in [3.05, 3.63) is 97.4 Å². The Morgan fingerprint density at radius 2 is 1.62 bits per heavy atom. The predicted molar refractivity (Wildman–Crippen MR) is 220 cm³/mol. The molecule has 4 aromatic rings. The molecule has 2 aromatic heterocycles. The summed E-state index contributed by atoms with van der Waals surface area (Å²) in [6, 6.07) is 10.9. The number of thiophene rings is 1. The Kier molecular flexibility index (Phi) is 12.4. The van der Waals surface area contributed by atoms with Gasteiger partial charge in [-0.3, -0.25) is 48.5 Å². The van der Waals surface area contributed by atoms with Crippen molar-refractivity contribution in [3.8, 4) is 5.00 Å². The molecule has 302 valence electrons. The van der Waals surface area contributed by atoms with Crippen molar-refractivity contribution in [1.82, 2.24) is 30.3 Å². The lowest BCUT2D eigenvalue weighted by atomic mass is 9.99. The highest BCUT2D eigenvalue weighted by atomic mass is 35.5. The number of hydrogen-bond donors (Lipinski definition) is 2. The number of nitrogens with zero attached hydrogens (tertiary/aromatic N) is 5. The maximum Gasteiger partial charge on any atom is 0.262 e. The first-order valence-electron chi connectivity index (χ1n) is 19.9. The van der Waals surface area contributed by atoms with Crippen molar-refractivity contribution in [1.29, 1.82) is 0 Å². The van der Waals surface area contributed by atoms with Crippen molar-refractivity contribution < 1.29 is 28.8 Å². The van der Waals surface area contributed by atoms with Crippen LogP contribution in [-0.2, 0) is 25.6 Å². The lowest BCUT2D eigenvalue weighted by Crippen LogP contribution is -2.54. The van der Waals surface area contributed by atoms with Crippen LogP contribution in [0, 0.1) is 20.8 Å². The zero-order valence-corrected chi connectivity index (χ0v) is 34.4. The van der Waals surface area contributed by atoms with Crippen LogP contribution in [0.5, 0.6) is 0 Å². The minimum atomic E-state index is -1.06. The number of aliphatic imine (C=N–C) groups is 1. The number of Topliss-reactive ketones (excluding diaryl/α,β-unsaturated/α-hetero) is 1. The van der Waals surface area contributed by atoms with Gasteiger partial charge in [0.2, 0.25) is 17.7 Å². The number of carbonyl (C=O) groups excluding carboxylic acids is 6. The topological polar surface area (TPSA) is 173 Å². The third-order valence-corrected chi connectivity index (χ3v) is 12.6. The zero-order chi connectivity index (χ0) is 41.1. The number of fused-ring (bicyclic) bond motifs is 4. The number of aryl methyl sites for hydroxylation is 2. The summed E-state index contributed by atoms with van der Waals surface area (Å²) in [5, 5.41) is 15.7. The van der Waals surface area contributed by atoms with Crippen LogP contribution in [0.4, 0.5) is 0 Å². The van der Waals surface area contributed by atoms with E-state index in [-0.39, 0.29) is 48.5 Å². The van der Waals surface area contributed by atoms with Crippen LogP contribution in [0.2, 0.25) is 5.02 Å². The number of nitrogens with one attached hydrogen (secondary N) is 2. The molecular formula is C43H46ClN7O6S. The van der Waals surface area contributed by atoms with Gasteiger partial charge in [0, 0.05) is 46.8 Å². The normalized spacial score (nSPS) is 17.4. The number of carbonyl (C=O) groups is 6. The van der Waals surface area contributed by atoms with E-state index < -0.39 is 35.7 Å². The second-order valence-corrected chi connectivity index (χ2v) is 16.8. The molecule has 0 spiro atoms. The van der Waals surface area contributed by atoms with E-state index in [2.05, 4.69) is 39.2 Å². The Hall–Kier alpha value is -5.34. The van der Waals surface area contributed by atoms with E-state index in [9.17, 15) is 28.8 Å². The molecule has 3 aliphatic heterocycles. The number of halogens is 1. The first kappa shape index (κ1) is 40.8. The van der Waals surface area contributed by atoms with Crippen LogP contribution in [0.15, 0.2) is 47.5 Å². The molecule has 5 amide bonds. The first-order chi connectivity index (χ1) is 27.9. The van der Waals surface area contributed by atoms with Gasteiger partial charge in [-0.05, 0) is 69.4 Å². The van der Waals surface area contributed by atoms with Crippen molar-refractivity contribution in [2.45, 2.75) is 110 Å². The molecule has 2 atom stereocenters. The summed E-state index contributed by atoms with van der Waals surface area (Å²) in [6.07, 6.45) is 7.28. The van der Waals surface area contributed by atoms with Crippen LogP contribution in [0.3, 0.4) is 0 Å². The fraction of sp³-hybridized carbons (Fsp3) is 0.419. The quantitative estimate of drug-likeness (QED) is 0.0935. The average molecular weight is 824 g/mol. The number of piperidine rings is 1. The Balaban J connectivity index is 0.832. The second kappa shape index (κ2) is 17.7. The van der Waals surface area contributed by atoms with E-state index in [0.29, 0.717) is 29.4 Å². The van der Waals surface area contributed by atoms with Gasteiger partial charge in [-0.1, -0.05) is 68.0 Å². The summed E-state index contributed by atoms with van der Waals surface area (Å²) in [6.45, 7) is 6.63. The molecule has 0 bridgehead atoms. The number of imide groups is 2. The Morgan fingerprint density at radius 1 is 0.897 bits per heavy atom. The maximum atomic E-state index is 13.4. The van der Waals surface area contributed by atoms with Gasteiger partial charge >= 0.3 is 0 Å². The highest BCUT2D eigenvalue weighted by molar-refractivity contribution is 7.15. The number of unbranched alkanes of at least 4 members (excludes halogenated alkanes) is 6. The summed E-state index contributed by atoms with van der Waals surface area (Å²) in [5.41, 5.74) is 4.69. The lowest BCUT2D eigenvalue weighted by Gasteiger charge is -2.27. The molecule has 0 saturated carbocycles. The average Bonchev–Trinajstić information content (AvgIpc) is 3.77. The van der Waals surface area contributed by atoms with Crippen molar-refractivity contribution >= 4 is 64.0 Å². The van der Waals surface area contributed by atoms with E-state index in [1.54, 1.807) is 23.5 Å². The number of benzene rings is 2. The van der Waals surface area contributed by atoms with E-state index >= 15 is 0 Å². The molecule has 1 fully saturated rings. The zero-order valence-electron chi connectivity index (χ0n) is 32.9. The molecule has 3 aliphatic rings. The van der Waals surface area contributed by atoms with Gasteiger partial charge in [-0.25, -0.2) is 0 Å². The number of amides is 5. The number of hydrogen-bond acceptors (Lipinski definition) is 10. The Morgan fingerprint density at radius 3 is 2.36 bits per heavy atom. The van der Waals surface area contributed by atoms with Crippen molar-refractivity contribution in [2.24, 2.45) is 4.99 Å². The van der Waals surface area contributed by atoms with Gasteiger partial charge in [-0.2, -0.15) is 0 Å². The summed E-state index contributed by atoms with van der Waals surface area (Å²) in [4.78, 5) is 83.9. The van der Waals surface area contributed by atoms with Gasteiger partial charge in [-0.15, -0.1) is 21.5 Å². The van der Waals surface area contributed by atoms with Gasteiger partial charge in [0.05, 0.1) is 23.3 Å². The summed E-state index contributed by atoms with van der Waals surface area (Å²) in [7, 11) is 0. The van der Waals surface area contributed by atoms with Crippen molar-refractivity contribution in [2.75, 3.05) is 6.54 Å². The monoisotopic (exact) mass is 823 g/mol. The highest BCUT2D eigenvalue weighted by Crippen LogP contribution is 2.40. The smallest absolute Gasteiger partial charge is 0.262 e. The van der Waals surface area contributed by atoms with E-state index in [4.69, 9.17) is 16.6 Å². The number of aromatic nitrogens is 3. The standard InChI is InChI=1S/C43H46ClN7O6S/c1-24-25(2)58-43-36(24)38(27-15-17-29(44)18-16-27)46-32(39-49-48-26(3)50(39)43)23-30(52)13-9-7-5-4-6-8-10-21-45-35(54)22-28-12-11-14-31-37(28)42(57)51(41(31)56)33-19-20-34(53)47-40(33)55/h11-12,14-18,32-33H,4-10,13,19-23H2,1-3H3,(H,45,54)(H,47,53,55)/t32-,33?/m0/s1. The number of ketones is 1. The van der Waals surface area contributed by atoms with Crippen LogP contribution in [0.25, 0.3) is 5.00 Å². The van der Waals surface area contributed by atoms with Crippen LogP contribution >= 0.6 is 22.9 Å². The van der Waals surface area contributed by atoms with Crippen LogP contribution in [0.1, 0.15) is 136 Å². The predicted octanol–water partition coefficient (Wildman–Crippen LogP) is 6.64. The van der Waals surface area contributed by atoms with Gasteiger partial charge in [0.1, 0.15) is 28.7 Å². The molecule has 2 N–H and O–H groups in total. The Bertz CT molecular complexity index is 2330. The molecule has 15 heteroatoms. The third-order valence-electron chi connectivity index (χ3n) is 11.1. The summed E-state index contributed by atoms with van der Waals surface area (Å²) in [5.74, 6) is -0.998.